The molecule has 8 heteroatoms. The number of aromatic nitrogens is 3. The molecule has 4 heterocycles. The summed E-state index contributed by atoms with van der Waals surface area (Å²) >= 11 is 0. The smallest absolute Gasteiger partial charge is 0.254 e. The number of aromatic amines is 1. The Hall–Kier alpha value is -2.58. The van der Waals surface area contributed by atoms with Crippen LogP contribution < -0.4 is 5.56 Å². The number of fused-ring (bicyclic) bond motifs is 1. The summed E-state index contributed by atoms with van der Waals surface area (Å²) in [5, 5.41) is 0. The van der Waals surface area contributed by atoms with Crippen LogP contribution in [0.3, 0.4) is 0 Å². The lowest BCUT2D eigenvalue weighted by atomic mass is 10.0. The number of amides is 1. The molecule has 0 spiro atoms. The van der Waals surface area contributed by atoms with E-state index >= 15 is 0 Å². The molecule has 0 aliphatic carbocycles. The van der Waals surface area contributed by atoms with E-state index in [0.717, 1.165) is 11.3 Å². The molecule has 1 saturated heterocycles. The van der Waals surface area contributed by atoms with Crippen LogP contribution in [0.15, 0.2) is 35.6 Å². The zero-order valence-electron chi connectivity index (χ0n) is 15.1. The number of morpholine rings is 1. The van der Waals surface area contributed by atoms with Gasteiger partial charge in [0.2, 0.25) is 5.91 Å². The molecular weight excluding hydrogens is 346 g/mol. The fourth-order valence-corrected chi connectivity index (χ4v) is 3.81. The van der Waals surface area contributed by atoms with Gasteiger partial charge in [-0.1, -0.05) is 6.07 Å². The van der Waals surface area contributed by atoms with Crippen LogP contribution in [-0.2, 0) is 22.4 Å². The molecule has 27 heavy (non-hydrogen) atoms. The lowest BCUT2D eigenvalue weighted by Gasteiger charge is -2.36. The van der Waals surface area contributed by atoms with E-state index in [9.17, 15) is 9.59 Å². The zero-order chi connectivity index (χ0) is 18.6. The molecule has 8 nitrogen and oxygen atoms in total. The fraction of sp³-hybridized carbons (Fsp3) is 0.474. The highest BCUT2D eigenvalue weighted by Gasteiger charge is 2.33. The van der Waals surface area contributed by atoms with Crippen molar-refractivity contribution in [1.29, 1.82) is 0 Å². The van der Waals surface area contributed by atoms with Gasteiger partial charge in [0.1, 0.15) is 6.04 Å². The average Bonchev–Trinajstić information content (AvgIpc) is 2.94. The van der Waals surface area contributed by atoms with Gasteiger partial charge in [-0.05, 0) is 18.1 Å². The minimum absolute atomic E-state index is 0.0501. The monoisotopic (exact) mass is 369 g/mol. The Morgan fingerprint density at radius 2 is 2.00 bits per heavy atom. The van der Waals surface area contributed by atoms with E-state index in [-0.39, 0.29) is 17.5 Å². The van der Waals surface area contributed by atoms with Crippen molar-refractivity contribution in [3.8, 4) is 0 Å². The van der Waals surface area contributed by atoms with Gasteiger partial charge in [-0.25, -0.2) is 4.98 Å². The standard InChI is InChI=1S/C19H23N5O3/c25-18-15-3-6-24(7-4-16(15)21-13-22-18)19(26)17(14-2-1-5-20-12-14)23-8-10-27-11-9-23/h1-2,5,12-13,17H,3-4,6-11H2,(H,21,22,25). The van der Waals surface area contributed by atoms with Crippen LogP contribution in [-0.4, -0.2) is 70.1 Å². The van der Waals surface area contributed by atoms with Gasteiger partial charge in [-0.3, -0.25) is 19.5 Å². The predicted molar refractivity (Wildman–Crippen MR) is 98.2 cm³/mol. The number of hydrogen-bond donors (Lipinski definition) is 1. The van der Waals surface area contributed by atoms with E-state index in [1.807, 2.05) is 17.0 Å². The largest absolute Gasteiger partial charge is 0.379 e. The Morgan fingerprint density at radius 1 is 1.19 bits per heavy atom. The summed E-state index contributed by atoms with van der Waals surface area (Å²) in [5.74, 6) is 0.0501. The maximum atomic E-state index is 13.5. The van der Waals surface area contributed by atoms with Gasteiger partial charge in [-0.15, -0.1) is 0 Å². The van der Waals surface area contributed by atoms with Crippen LogP contribution in [0.4, 0.5) is 0 Å². The summed E-state index contributed by atoms with van der Waals surface area (Å²) in [7, 11) is 0. The highest BCUT2D eigenvalue weighted by atomic mass is 16.5. The third kappa shape index (κ3) is 3.77. The summed E-state index contributed by atoms with van der Waals surface area (Å²) < 4.78 is 5.46. The normalized spacial score (nSPS) is 19.2. The van der Waals surface area contributed by atoms with E-state index in [2.05, 4.69) is 19.9 Å². The van der Waals surface area contributed by atoms with Crippen molar-refractivity contribution in [1.82, 2.24) is 24.8 Å². The maximum absolute atomic E-state index is 13.5. The van der Waals surface area contributed by atoms with E-state index in [1.165, 1.54) is 6.33 Å². The van der Waals surface area contributed by atoms with Gasteiger partial charge >= 0.3 is 0 Å². The number of nitrogens with one attached hydrogen (secondary N) is 1. The molecule has 1 amide bonds. The molecule has 4 rings (SSSR count). The minimum Gasteiger partial charge on any atom is -0.379 e. The number of H-pyrrole nitrogens is 1. The van der Waals surface area contributed by atoms with Crippen LogP contribution in [0, 0.1) is 0 Å². The third-order valence-electron chi connectivity index (χ3n) is 5.25. The molecule has 0 radical (unpaired) electrons. The molecule has 142 valence electrons. The zero-order valence-corrected chi connectivity index (χ0v) is 15.1. The quantitative estimate of drug-likeness (QED) is 0.829. The van der Waals surface area contributed by atoms with Crippen molar-refractivity contribution in [2.45, 2.75) is 18.9 Å². The first-order valence-electron chi connectivity index (χ1n) is 9.30. The van der Waals surface area contributed by atoms with Crippen molar-refractivity contribution in [2.75, 3.05) is 39.4 Å². The first-order valence-corrected chi connectivity index (χ1v) is 9.30. The minimum atomic E-state index is -0.380. The highest BCUT2D eigenvalue weighted by molar-refractivity contribution is 5.83. The van der Waals surface area contributed by atoms with Gasteiger partial charge in [-0.2, -0.15) is 0 Å². The van der Waals surface area contributed by atoms with Crippen LogP contribution in [0.25, 0.3) is 0 Å². The molecule has 1 unspecified atom stereocenters. The first kappa shape index (κ1) is 17.8. The van der Waals surface area contributed by atoms with Crippen LogP contribution >= 0.6 is 0 Å². The third-order valence-corrected chi connectivity index (χ3v) is 5.25. The van der Waals surface area contributed by atoms with Crippen LogP contribution in [0.1, 0.15) is 22.9 Å². The molecule has 2 aliphatic heterocycles. The summed E-state index contributed by atoms with van der Waals surface area (Å²) in [6.45, 7) is 3.73. The second-order valence-corrected chi connectivity index (χ2v) is 6.82. The summed E-state index contributed by atoms with van der Waals surface area (Å²) in [5.41, 5.74) is 2.27. The molecule has 0 bridgehead atoms. The van der Waals surface area contributed by atoms with E-state index < -0.39 is 0 Å². The van der Waals surface area contributed by atoms with E-state index in [0.29, 0.717) is 57.8 Å². The first-order chi connectivity index (χ1) is 13.2. The summed E-state index contributed by atoms with van der Waals surface area (Å²) in [6.07, 6.45) is 6.02. The molecule has 1 atom stereocenters. The number of hydrogen-bond acceptors (Lipinski definition) is 6. The number of carbonyl (C=O) groups excluding carboxylic acids is 1. The van der Waals surface area contributed by atoms with Gasteiger partial charge in [0.15, 0.2) is 0 Å². The number of ether oxygens (including phenoxy) is 1. The van der Waals surface area contributed by atoms with Crippen LogP contribution in [0.5, 0.6) is 0 Å². The maximum Gasteiger partial charge on any atom is 0.254 e. The van der Waals surface area contributed by atoms with Crippen molar-refractivity contribution < 1.29 is 9.53 Å². The van der Waals surface area contributed by atoms with Gasteiger partial charge in [0.05, 0.1) is 25.2 Å². The Bertz CT molecular complexity index is 848. The summed E-state index contributed by atoms with van der Waals surface area (Å²) in [4.78, 5) is 40.7. The van der Waals surface area contributed by atoms with Crippen LogP contribution in [0.2, 0.25) is 0 Å². The molecule has 2 aromatic heterocycles. The topological polar surface area (TPSA) is 91.4 Å². The molecular formula is C19H23N5O3. The van der Waals surface area contributed by atoms with Crippen molar-refractivity contribution in [3.63, 3.8) is 0 Å². The Labute approximate surface area is 157 Å². The van der Waals surface area contributed by atoms with Crippen molar-refractivity contribution >= 4 is 5.91 Å². The number of rotatable bonds is 3. The predicted octanol–water partition coefficient (Wildman–Crippen LogP) is 0.166. The van der Waals surface area contributed by atoms with E-state index in [4.69, 9.17) is 4.74 Å². The lowest BCUT2D eigenvalue weighted by Crippen LogP contribution is -2.47. The Morgan fingerprint density at radius 3 is 2.78 bits per heavy atom. The average molecular weight is 369 g/mol. The Balaban J connectivity index is 1.58. The molecule has 0 saturated carbocycles. The second-order valence-electron chi connectivity index (χ2n) is 6.82. The Kier molecular flexibility index (Phi) is 5.26. The van der Waals surface area contributed by atoms with Gasteiger partial charge < -0.3 is 14.6 Å². The molecule has 2 aromatic rings. The van der Waals surface area contributed by atoms with E-state index in [1.54, 1.807) is 12.4 Å². The fourth-order valence-electron chi connectivity index (χ4n) is 3.81. The molecule has 2 aliphatic rings. The summed E-state index contributed by atoms with van der Waals surface area (Å²) in [6, 6.07) is 3.43. The number of nitrogens with zero attached hydrogens (tertiary/aromatic N) is 4. The SMILES string of the molecule is O=C(C(c1cccnc1)N1CCOCC1)N1CCc2nc[nH]c(=O)c2CC1. The second kappa shape index (κ2) is 7.98. The van der Waals surface area contributed by atoms with Crippen molar-refractivity contribution in [2.24, 2.45) is 0 Å². The van der Waals surface area contributed by atoms with Gasteiger partial charge in [0.25, 0.3) is 5.56 Å². The number of pyridine rings is 1. The molecule has 0 aromatic carbocycles. The van der Waals surface area contributed by atoms with Crippen molar-refractivity contribution in [3.05, 3.63) is 58.0 Å². The molecule has 1 fully saturated rings. The lowest BCUT2D eigenvalue weighted by molar-refractivity contribution is -0.139. The van der Waals surface area contributed by atoms with Gasteiger partial charge in [0, 0.05) is 50.6 Å². The molecule has 1 N–H and O–H groups in total. The number of carbonyl (C=O) groups is 1. The highest BCUT2D eigenvalue weighted by Crippen LogP contribution is 2.25.